The molecule has 5 nitrogen and oxygen atoms in total. The predicted octanol–water partition coefficient (Wildman–Crippen LogP) is 2.25. The molecule has 1 aromatic heterocycles. The molecule has 0 saturated heterocycles. The van der Waals surface area contributed by atoms with Gasteiger partial charge in [-0.3, -0.25) is 9.48 Å². The zero-order valence-electron chi connectivity index (χ0n) is 11.8. The molecule has 0 spiro atoms. The zero-order chi connectivity index (χ0) is 14.3. The highest BCUT2D eigenvalue weighted by molar-refractivity contribution is 5.82. The van der Waals surface area contributed by atoms with Gasteiger partial charge in [0.2, 0.25) is 0 Å². The molecule has 18 heavy (non-hydrogen) atoms. The number of rotatable bonds is 3. The number of carbonyl (C=O) groups excluding carboxylic acids is 1. The molecular formula is C13H22N4O. The molecule has 0 atom stereocenters. The van der Waals surface area contributed by atoms with Crippen molar-refractivity contribution in [2.24, 2.45) is 13.0 Å². The summed E-state index contributed by atoms with van der Waals surface area (Å²) < 4.78 is 1.69. The first-order chi connectivity index (χ1) is 8.29. The van der Waals surface area contributed by atoms with Crippen molar-refractivity contribution in [3.8, 4) is 6.07 Å². The Morgan fingerprint density at radius 1 is 1.50 bits per heavy atom. The van der Waals surface area contributed by atoms with Crippen molar-refractivity contribution in [1.82, 2.24) is 9.78 Å². The lowest BCUT2D eigenvalue weighted by molar-refractivity contribution is -0.120. The van der Waals surface area contributed by atoms with Crippen molar-refractivity contribution in [2.45, 2.75) is 40.0 Å². The molecular weight excluding hydrogens is 228 g/mol. The Bertz CT molecular complexity index is 407. The van der Waals surface area contributed by atoms with Crippen LogP contribution in [0.5, 0.6) is 0 Å². The third-order valence-electron chi connectivity index (χ3n) is 2.42. The third kappa shape index (κ3) is 5.48. The van der Waals surface area contributed by atoms with Crippen molar-refractivity contribution < 1.29 is 4.79 Å². The van der Waals surface area contributed by atoms with E-state index in [2.05, 4.69) is 18.9 Å². The van der Waals surface area contributed by atoms with Gasteiger partial charge in [-0.05, 0) is 5.92 Å². The van der Waals surface area contributed by atoms with Gasteiger partial charge >= 0.3 is 0 Å². The van der Waals surface area contributed by atoms with E-state index in [1.165, 1.54) is 0 Å². The molecule has 1 heterocycles. The minimum Gasteiger partial charge on any atom is -0.384 e. The second kappa shape index (κ2) is 7.49. The topological polar surface area (TPSA) is 84.7 Å². The van der Waals surface area contributed by atoms with Gasteiger partial charge in [0.05, 0.1) is 18.2 Å². The Kier molecular flexibility index (Phi) is 6.73. The van der Waals surface area contributed by atoms with E-state index in [0.717, 1.165) is 11.5 Å². The van der Waals surface area contributed by atoms with E-state index >= 15 is 0 Å². The number of aryl methyl sites for hydroxylation is 1. The molecule has 0 aliphatic carbocycles. The van der Waals surface area contributed by atoms with Gasteiger partial charge in [0, 0.05) is 19.0 Å². The molecule has 0 saturated carbocycles. The number of nitrogen functional groups attached to an aromatic ring is 1. The summed E-state index contributed by atoms with van der Waals surface area (Å²) in [5.74, 6) is 1.22. The normalized spacial score (nSPS) is 9.89. The van der Waals surface area contributed by atoms with Crippen molar-refractivity contribution in [3.63, 3.8) is 0 Å². The number of hydrogen-bond acceptors (Lipinski definition) is 4. The van der Waals surface area contributed by atoms with Crippen LogP contribution in [0.25, 0.3) is 0 Å². The smallest absolute Gasteiger partial charge is 0.149 e. The zero-order valence-corrected chi connectivity index (χ0v) is 11.8. The lowest BCUT2D eigenvalue weighted by Gasteiger charge is -1.95. The first-order valence-electron chi connectivity index (χ1n) is 5.98. The summed E-state index contributed by atoms with van der Waals surface area (Å²) in [4.78, 5) is 10.5. The molecule has 0 bridgehead atoms. The van der Waals surface area contributed by atoms with Gasteiger partial charge in [0.25, 0.3) is 0 Å². The first kappa shape index (κ1) is 16.2. The van der Waals surface area contributed by atoms with Crippen LogP contribution >= 0.6 is 0 Å². The van der Waals surface area contributed by atoms with E-state index in [9.17, 15) is 4.79 Å². The molecule has 0 aromatic carbocycles. The number of anilines is 1. The maximum Gasteiger partial charge on any atom is 0.149 e. The highest BCUT2D eigenvalue weighted by Crippen LogP contribution is 2.13. The Labute approximate surface area is 109 Å². The third-order valence-corrected chi connectivity index (χ3v) is 2.42. The van der Waals surface area contributed by atoms with Crippen molar-refractivity contribution >= 4 is 11.6 Å². The van der Waals surface area contributed by atoms with Gasteiger partial charge in [-0.15, -0.1) is 0 Å². The number of nitriles is 1. The van der Waals surface area contributed by atoms with Gasteiger partial charge in [0.15, 0.2) is 0 Å². The molecule has 5 heteroatoms. The Morgan fingerprint density at radius 2 is 2.06 bits per heavy atom. The predicted molar refractivity (Wildman–Crippen MR) is 71.8 cm³/mol. The van der Waals surface area contributed by atoms with Crippen LogP contribution in [0, 0.1) is 17.2 Å². The fraction of sp³-hybridized carbons (Fsp3) is 0.615. The number of nitrogens with two attached hydrogens (primary N) is 1. The van der Waals surface area contributed by atoms with Crippen LogP contribution in [-0.4, -0.2) is 15.6 Å². The van der Waals surface area contributed by atoms with E-state index in [1.807, 2.05) is 13.1 Å². The molecule has 100 valence electrons. The number of carbonyl (C=O) groups is 1. The summed E-state index contributed by atoms with van der Waals surface area (Å²) >= 11 is 0. The highest BCUT2D eigenvalue weighted by atomic mass is 16.1. The van der Waals surface area contributed by atoms with E-state index in [1.54, 1.807) is 24.6 Å². The summed E-state index contributed by atoms with van der Waals surface area (Å²) in [6.45, 7) is 7.78. The summed E-state index contributed by atoms with van der Waals surface area (Å²) in [7, 11) is 1.85. The van der Waals surface area contributed by atoms with Gasteiger partial charge in [-0.2, -0.15) is 10.4 Å². The van der Waals surface area contributed by atoms with Gasteiger partial charge < -0.3 is 5.73 Å². The molecule has 0 unspecified atom stereocenters. The lowest BCUT2D eigenvalue weighted by atomic mass is 10.1. The number of hydrogen-bond donors (Lipinski definition) is 1. The Morgan fingerprint density at radius 3 is 2.22 bits per heavy atom. The summed E-state index contributed by atoms with van der Waals surface area (Å²) in [6, 6.07) is 3.71. The standard InChI is InChI=1S/C7H13N3.C6H9NO/c1-5(2)6-4-7(8)10(3)9-6;1-5(2)6(8)3-4-7/h4-5H,8H2,1-3H3;5H,3H2,1-2H3. The van der Waals surface area contributed by atoms with Crippen LogP contribution in [-0.2, 0) is 11.8 Å². The number of Topliss-reactive ketones (excluding diaryl/α,β-unsaturated/α-hetero) is 1. The van der Waals surface area contributed by atoms with Crippen LogP contribution in [0.1, 0.15) is 45.7 Å². The van der Waals surface area contributed by atoms with E-state index in [4.69, 9.17) is 11.0 Å². The van der Waals surface area contributed by atoms with Crippen LogP contribution in [0.4, 0.5) is 5.82 Å². The minimum atomic E-state index is 0.00894. The Hall–Kier alpha value is -1.83. The maximum atomic E-state index is 10.5. The van der Waals surface area contributed by atoms with Crippen molar-refractivity contribution in [2.75, 3.05) is 5.73 Å². The summed E-state index contributed by atoms with van der Waals surface area (Å²) in [5, 5.41) is 12.2. The SMILES string of the molecule is CC(C)C(=O)CC#N.CC(C)c1cc(N)n(C)n1. The summed E-state index contributed by atoms with van der Waals surface area (Å²) in [6.07, 6.45) is 0.0532. The Balaban J connectivity index is 0.000000331. The second-order valence-corrected chi connectivity index (χ2v) is 4.73. The van der Waals surface area contributed by atoms with Crippen LogP contribution in [0.2, 0.25) is 0 Å². The molecule has 1 rings (SSSR count). The van der Waals surface area contributed by atoms with Crippen LogP contribution in [0.15, 0.2) is 6.07 Å². The maximum absolute atomic E-state index is 10.5. The molecule has 0 aliphatic rings. The minimum absolute atomic E-state index is 0.00894. The molecule has 0 aliphatic heterocycles. The summed E-state index contributed by atoms with van der Waals surface area (Å²) in [5.41, 5.74) is 6.63. The van der Waals surface area contributed by atoms with Crippen molar-refractivity contribution in [3.05, 3.63) is 11.8 Å². The monoisotopic (exact) mass is 250 g/mol. The second-order valence-electron chi connectivity index (χ2n) is 4.73. The average molecular weight is 250 g/mol. The number of ketones is 1. The highest BCUT2D eigenvalue weighted by Gasteiger charge is 2.04. The molecule has 1 aromatic rings. The largest absolute Gasteiger partial charge is 0.384 e. The molecule has 2 N–H and O–H groups in total. The first-order valence-corrected chi connectivity index (χ1v) is 5.98. The van der Waals surface area contributed by atoms with Gasteiger partial charge in [0.1, 0.15) is 11.6 Å². The van der Waals surface area contributed by atoms with Gasteiger partial charge in [-0.25, -0.2) is 0 Å². The van der Waals surface area contributed by atoms with E-state index in [0.29, 0.717) is 5.92 Å². The molecule has 0 amide bonds. The van der Waals surface area contributed by atoms with Crippen LogP contribution < -0.4 is 5.73 Å². The number of aromatic nitrogens is 2. The lowest BCUT2D eigenvalue weighted by Crippen LogP contribution is -2.04. The van der Waals surface area contributed by atoms with Gasteiger partial charge in [-0.1, -0.05) is 27.7 Å². The fourth-order valence-corrected chi connectivity index (χ4v) is 1.07. The molecule has 0 fully saturated rings. The number of nitrogens with zero attached hydrogens (tertiary/aromatic N) is 3. The fourth-order valence-electron chi connectivity index (χ4n) is 1.07. The quantitative estimate of drug-likeness (QED) is 0.891. The van der Waals surface area contributed by atoms with E-state index in [-0.39, 0.29) is 18.1 Å². The van der Waals surface area contributed by atoms with Crippen molar-refractivity contribution in [1.29, 1.82) is 5.26 Å². The molecule has 0 radical (unpaired) electrons. The van der Waals surface area contributed by atoms with E-state index < -0.39 is 0 Å². The van der Waals surface area contributed by atoms with Crippen LogP contribution in [0.3, 0.4) is 0 Å². The average Bonchev–Trinajstić information content (AvgIpc) is 2.60.